The van der Waals surface area contributed by atoms with Gasteiger partial charge in [0.2, 0.25) is 5.91 Å². The van der Waals surface area contributed by atoms with Crippen molar-refractivity contribution in [1.82, 2.24) is 24.3 Å². The Morgan fingerprint density at radius 3 is 2.68 bits per heavy atom. The number of nitrogens with two attached hydrogens (primary N) is 1. The largest absolute Gasteiger partial charge is 0.383 e. The fraction of sp³-hybridized carbons (Fsp3) is 0.588. The molecule has 2 aromatic rings. The zero-order valence-corrected chi connectivity index (χ0v) is 17.5. The summed E-state index contributed by atoms with van der Waals surface area (Å²) in [5.74, 6) is -0.0627. The summed E-state index contributed by atoms with van der Waals surface area (Å²) in [6, 6.07) is 0. The Kier molecular flexibility index (Phi) is 7.44. The van der Waals surface area contributed by atoms with Gasteiger partial charge in [-0.15, -0.1) is 10.2 Å². The maximum Gasteiger partial charge on any atom is 0.330 e. The highest BCUT2D eigenvalue weighted by atomic mass is 32.2. The van der Waals surface area contributed by atoms with Crippen LogP contribution in [0.15, 0.2) is 21.1 Å². The highest BCUT2D eigenvalue weighted by Crippen LogP contribution is 2.21. The summed E-state index contributed by atoms with van der Waals surface area (Å²) in [5.41, 5.74) is 4.97. The van der Waals surface area contributed by atoms with Gasteiger partial charge in [-0.2, -0.15) is 0 Å². The minimum Gasteiger partial charge on any atom is -0.383 e. The first-order valence-electron chi connectivity index (χ1n) is 9.16. The molecular weight excluding hydrogens is 382 g/mol. The molecule has 2 aromatic heterocycles. The van der Waals surface area contributed by atoms with Gasteiger partial charge in [0.15, 0.2) is 10.8 Å². The molecule has 11 heteroatoms. The molecule has 0 aliphatic heterocycles. The molecule has 0 saturated carbocycles. The standard InChI is InChI=1S/C17H27N7O3S/c1-5-6-7-23(12(25)9-28-17-21-19-10-22(17)4)13-14(18)24(8-11(2)3)16(27)20-15(13)26/h10-11H,5-9,18H2,1-4H3,(H,20,26,27). The van der Waals surface area contributed by atoms with E-state index >= 15 is 0 Å². The van der Waals surface area contributed by atoms with Crippen molar-refractivity contribution < 1.29 is 4.79 Å². The van der Waals surface area contributed by atoms with Gasteiger partial charge in [0.1, 0.15) is 12.1 Å². The molecule has 0 bridgehead atoms. The van der Waals surface area contributed by atoms with Gasteiger partial charge in [-0.05, 0) is 12.3 Å². The third-order valence-corrected chi connectivity index (χ3v) is 5.08. The molecule has 0 aliphatic rings. The molecule has 0 saturated heterocycles. The molecule has 3 N–H and O–H groups in total. The molecule has 1 amide bonds. The zero-order valence-electron chi connectivity index (χ0n) is 16.6. The van der Waals surface area contributed by atoms with Crippen molar-refractivity contribution in [3.63, 3.8) is 0 Å². The Labute approximate surface area is 167 Å². The van der Waals surface area contributed by atoms with Crippen molar-refractivity contribution in [2.45, 2.75) is 45.3 Å². The smallest absolute Gasteiger partial charge is 0.330 e. The lowest BCUT2D eigenvalue weighted by Crippen LogP contribution is -2.42. The number of amides is 1. The van der Waals surface area contributed by atoms with Crippen LogP contribution in [0.1, 0.15) is 33.6 Å². The van der Waals surface area contributed by atoms with Gasteiger partial charge < -0.3 is 15.2 Å². The van der Waals surface area contributed by atoms with E-state index in [1.807, 2.05) is 20.8 Å². The molecule has 0 aromatic carbocycles. The van der Waals surface area contributed by atoms with E-state index in [0.29, 0.717) is 24.7 Å². The number of H-pyrrole nitrogens is 1. The van der Waals surface area contributed by atoms with E-state index in [4.69, 9.17) is 5.73 Å². The molecule has 0 atom stereocenters. The molecule has 0 unspecified atom stereocenters. The lowest BCUT2D eigenvalue weighted by molar-refractivity contribution is -0.116. The number of hydrogen-bond acceptors (Lipinski definition) is 7. The van der Waals surface area contributed by atoms with Gasteiger partial charge in [0.05, 0.1) is 5.75 Å². The lowest BCUT2D eigenvalue weighted by atomic mass is 10.2. The normalized spacial score (nSPS) is 11.2. The minimum absolute atomic E-state index is 0.00978. The molecule has 2 heterocycles. The van der Waals surface area contributed by atoms with Crippen molar-refractivity contribution in [2.24, 2.45) is 13.0 Å². The third-order valence-electron chi connectivity index (χ3n) is 4.06. The second-order valence-corrected chi connectivity index (χ2v) is 7.85. The van der Waals surface area contributed by atoms with Crippen LogP contribution in [0.4, 0.5) is 11.5 Å². The number of thioether (sulfide) groups is 1. The molecule has 0 spiro atoms. The van der Waals surface area contributed by atoms with Crippen molar-refractivity contribution in [3.8, 4) is 0 Å². The topological polar surface area (TPSA) is 132 Å². The van der Waals surface area contributed by atoms with Crippen LogP contribution in [0.5, 0.6) is 0 Å². The Morgan fingerprint density at radius 1 is 1.39 bits per heavy atom. The minimum atomic E-state index is -0.657. The van der Waals surface area contributed by atoms with E-state index in [9.17, 15) is 14.4 Å². The Bertz CT molecular complexity index is 932. The van der Waals surface area contributed by atoms with Crippen molar-refractivity contribution in [3.05, 3.63) is 27.2 Å². The van der Waals surface area contributed by atoms with E-state index < -0.39 is 11.2 Å². The summed E-state index contributed by atoms with van der Waals surface area (Å²) in [6.07, 6.45) is 3.08. The molecule has 0 aliphatic carbocycles. The van der Waals surface area contributed by atoms with E-state index in [-0.39, 0.29) is 29.1 Å². The molecule has 28 heavy (non-hydrogen) atoms. The predicted octanol–water partition coefficient (Wildman–Crippen LogP) is 0.829. The van der Waals surface area contributed by atoms with Gasteiger partial charge in [0.25, 0.3) is 5.56 Å². The average molecular weight is 410 g/mol. The first-order chi connectivity index (χ1) is 13.3. The molecule has 154 valence electrons. The first kappa shape index (κ1) is 21.7. The molecular formula is C17H27N7O3S. The first-order valence-corrected chi connectivity index (χ1v) is 10.1. The third kappa shape index (κ3) is 5.03. The number of carbonyl (C=O) groups excluding carboxylic acids is 1. The second-order valence-electron chi connectivity index (χ2n) is 6.91. The van der Waals surface area contributed by atoms with Crippen molar-refractivity contribution in [2.75, 3.05) is 22.9 Å². The zero-order chi connectivity index (χ0) is 20.8. The number of unbranched alkanes of at least 4 members (excludes halogenated alkanes) is 1. The summed E-state index contributed by atoms with van der Waals surface area (Å²) < 4.78 is 3.02. The van der Waals surface area contributed by atoms with Crippen LogP contribution in [0.25, 0.3) is 0 Å². The monoisotopic (exact) mass is 409 g/mol. The van der Waals surface area contributed by atoms with Crippen LogP contribution in [-0.2, 0) is 18.4 Å². The number of hydrogen-bond donors (Lipinski definition) is 2. The summed E-state index contributed by atoms with van der Waals surface area (Å²) in [5, 5.41) is 8.32. The van der Waals surface area contributed by atoms with Crippen molar-refractivity contribution >= 4 is 29.2 Å². The van der Waals surface area contributed by atoms with Gasteiger partial charge in [-0.3, -0.25) is 19.1 Å². The quantitative estimate of drug-likeness (QED) is 0.586. The van der Waals surface area contributed by atoms with E-state index in [1.54, 1.807) is 17.9 Å². The van der Waals surface area contributed by atoms with Gasteiger partial charge >= 0.3 is 5.69 Å². The summed E-state index contributed by atoms with van der Waals surface area (Å²) in [6.45, 7) is 6.55. The van der Waals surface area contributed by atoms with Crippen LogP contribution in [0, 0.1) is 5.92 Å². The fourth-order valence-corrected chi connectivity index (χ4v) is 3.43. The van der Waals surface area contributed by atoms with Gasteiger partial charge in [-0.1, -0.05) is 39.0 Å². The Hall–Kier alpha value is -2.56. The number of nitrogen functional groups attached to an aromatic ring is 1. The van der Waals surface area contributed by atoms with Crippen LogP contribution in [0.3, 0.4) is 0 Å². The average Bonchev–Trinajstić information content (AvgIpc) is 3.04. The molecule has 10 nitrogen and oxygen atoms in total. The van der Waals surface area contributed by atoms with Crippen LogP contribution in [0.2, 0.25) is 0 Å². The molecule has 2 rings (SSSR count). The number of aromatic amines is 1. The van der Waals surface area contributed by atoms with Crippen molar-refractivity contribution in [1.29, 1.82) is 0 Å². The van der Waals surface area contributed by atoms with Crippen LogP contribution < -0.4 is 21.9 Å². The lowest BCUT2D eigenvalue weighted by Gasteiger charge is -2.24. The highest BCUT2D eigenvalue weighted by molar-refractivity contribution is 7.99. The Morgan fingerprint density at radius 2 is 2.11 bits per heavy atom. The SMILES string of the molecule is CCCCN(C(=O)CSc1nncn1C)c1c(N)n(CC(C)C)c(=O)[nH]c1=O. The van der Waals surface area contributed by atoms with E-state index in [0.717, 1.165) is 6.42 Å². The summed E-state index contributed by atoms with van der Waals surface area (Å²) in [7, 11) is 1.78. The summed E-state index contributed by atoms with van der Waals surface area (Å²) in [4.78, 5) is 41.3. The molecule has 0 fully saturated rings. The predicted molar refractivity (Wildman–Crippen MR) is 110 cm³/mol. The number of aromatic nitrogens is 5. The number of rotatable bonds is 9. The molecule has 0 radical (unpaired) electrons. The number of carbonyl (C=O) groups is 1. The fourth-order valence-electron chi connectivity index (χ4n) is 2.67. The highest BCUT2D eigenvalue weighted by Gasteiger charge is 2.24. The second kappa shape index (κ2) is 9.58. The maximum absolute atomic E-state index is 12.9. The number of nitrogens with one attached hydrogen (secondary N) is 1. The van der Waals surface area contributed by atoms with Gasteiger partial charge in [-0.25, -0.2) is 4.79 Å². The number of anilines is 2. The van der Waals surface area contributed by atoms with E-state index in [1.165, 1.54) is 21.2 Å². The Balaban J connectivity index is 2.38. The number of aryl methyl sites for hydroxylation is 1. The summed E-state index contributed by atoms with van der Waals surface area (Å²) >= 11 is 1.22. The van der Waals surface area contributed by atoms with E-state index in [2.05, 4.69) is 15.2 Å². The van der Waals surface area contributed by atoms with Crippen LogP contribution in [-0.4, -0.2) is 42.5 Å². The van der Waals surface area contributed by atoms with Crippen LogP contribution >= 0.6 is 11.8 Å². The number of nitrogens with zero attached hydrogens (tertiary/aromatic N) is 5. The van der Waals surface area contributed by atoms with Gasteiger partial charge in [0, 0.05) is 20.1 Å². The maximum atomic E-state index is 12.9.